The van der Waals surface area contributed by atoms with Crippen molar-refractivity contribution in [2.75, 3.05) is 0 Å². The number of para-hydroxylation sites is 1. The van der Waals surface area contributed by atoms with Gasteiger partial charge in [0, 0.05) is 4.91 Å². The number of benzene rings is 1. The summed E-state index contributed by atoms with van der Waals surface area (Å²) < 4.78 is 5.40. The Bertz CT molecular complexity index is 577. The van der Waals surface area contributed by atoms with Crippen molar-refractivity contribution in [2.24, 2.45) is 0 Å². The number of ether oxygens (including phenoxy) is 1. The first-order chi connectivity index (χ1) is 9.29. The van der Waals surface area contributed by atoms with E-state index in [2.05, 4.69) is 6.58 Å². The summed E-state index contributed by atoms with van der Waals surface area (Å²) in [5.41, 5.74) is 0.956. The Labute approximate surface area is 116 Å². The van der Waals surface area contributed by atoms with E-state index >= 15 is 0 Å². The van der Waals surface area contributed by atoms with Crippen LogP contribution in [0.2, 0.25) is 0 Å². The van der Waals surface area contributed by atoms with Crippen LogP contribution in [0.25, 0.3) is 0 Å². The van der Waals surface area contributed by atoms with Gasteiger partial charge in [0.15, 0.2) is 0 Å². The van der Waals surface area contributed by atoms with Crippen LogP contribution < -0.4 is 4.74 Å². The topological polar surface area (TPSA) is 29.5 Å². The molecule has 0 saturated heterocycles. The maximum atomic E-state index is 12.3. The number of rotatable bonds is 3. The number of carbonyl (C=O) groups is 1. The molecular weight excluding hydrogens is 258 g/mol. The minimum absolute atomic E-state index is 0.0497. The molecular formula is C15H13NO2S. The number of amides is 1. The van der Waals surface area contributed by atoms with Gasteiger partial charge in [0.1, 0.15) is 5.75 Å². The van der Waals surface area contributed by atoms with E-state index in [0.29, 0.717) is 5.75 Å². The van der Waals surface area contributed by atoms with Crippen LogP contribution in [0.4, 0.5) is 4.79 Å². The van der Waals surface area contributed by atoms with E-state index in [-0.39, 0.29) is 11.5 Å². The molecule has 1 unspecified atom stereocenters. The predicted octanol–water partition coefficient (Wildman–Crippen LogP) is 3.92. The SMILES string of the molecule is C=CCC1SC2=C(C=C2)N1C(=O)Oc1ccccc1. The number of carbonyl (C=O) groups excluding carboxylic acids is 1. The molecule has 0 radical (unpaired) electrons. The molecule has 4 heteroatoms. The number of allylic oxidation sites excluding steroid dienone is 2. The molecule has 1 atom stereocenters. The molecule has 1 amide bonds. The average molecular weight is 271 g/mol. The first kappa shape index (κ1) is 12.1. The monoisotopic (exact) mass is 271 g/mol. The molecule has 19 heavy (non-hydrogen) atoms. The van der Waals surface area contributed by atoms with Gasteiger partial charge in [0.25, 0.3) is 0 Å². The maximum absolute atomic E-state index is 12.3. The number of nitrogens with zero attached hydrogens (tertiary/aromatic N) is 1. The maximum Gasteiger partial charge on any atom is 0.420 e. The highest BCUT2D eigenvalue weighted by molar-refractivity contribution is 8.04. The molecule has 0 saturated carbocycles. The number of thioether (sulfide) groups is 1. The molecule has 1 aliphatic carbocycles. The Morgan fingerprint density at radius 2 is 2.16 bits per heavy atom. The molecule has 0 aromatic heterocycles. The molecule has 1 aliphatic heterocycles. The van der Waals surface area contributed by atoms with Gasteiger partial charge in [-0.15, -0.1) is 6.58 Å². The summed E-state index contributed by atoms with van der Waals surface area (Å²) in [7, 11) is 0. The van der Waals surface area contributed by atoms with Crippen LogP contribution in [0, 0.1) is 0 Å². The average Bonchev–Trinajstić information content (AvgIpc) is 2.64. The fourth-order valence-electron chi connectivity index (χ4n) is 2.03. The molecule has 0 N–H and O–H groups in total. The first-order valence-corrected chi connectivity index (χ1v) is 6.93. The third kappa shape index (κ3) is 2.19. The second-order valence-electron chi connectivity index (χ2n) is 4.23. The Morgan fingerprint density at radius 3 is 2.79 bits per heavy atom. The fraction of sp³-hybridized carbons (Fsp3) is 0.133. The van der Waals surface area contributed by atoms with Gasteiger partial charge in [0.05, 0.1) is 11.1 Å². The van der Waals surface area contributed by atoms with Crippen LogP contribution in [0.3, 0.4) is 0 Å². The molecule has 0 spiro atoms. The first-order valence-electron chi connectivity index (χ1n) is 6.05. The summed E-state index contributed by atoms with van der Waals surface area (Å²) in [5.74, 6) is 0.562. The molecule has 0 fully saturated rings. The zero-order chi connectivity index (χ0) is 13.2. The molecule has 1 aromatic rings. The van der Waals surface area contributed by atoms with E-state index in [1.165, 1.54) is 0 Å². The highest BCUT2D eigenvalue weighted by atomic mass is 32.2. The van der Waals surface area contributed by atoms with Crippen molar-refractivity contribution in [3.05, 3.63) is 65.7 Å². The lowest BCUT2D eigenvalue weighted by molar-refractivity contribution is 0.164. The van der Waals surface area contributed by atoms with Gasteiger partial charge in [0.2, 0.25) is 0 Å². The summed E-state index contributed by atoms with van der Waals surface area (Å²) in [4.78, 5) is 15.1. The molecule has 2 aliphatic rings. The summed E-state index contributed by atoms with van der Waals surface area (Å²) >= 11 is 1.68. The fourth-order valence-corrected chi connectivity index (χ4v) is 3.29. The van der Waals surface area contributed by atoms with E-state index < -0.39 is 0 Å². The molecule has 0 bridgehead atoms. The van der Waals surface area contributed by atoms with Crippen LogP contribution in [0.5, 0.6) is 5.75 Å². The molecule has 96 valence electrons. The van der Waals surface area contributed by atoms with Gasteiger partial charge in [-0.3, -0.25) is 4.90 Å². The lowest BCUT2D eigenvalue weighted by Crippen LogP contribution is -2.36. The van der Waals surface area contributed by atoms with Crippen molar-refractivity contribution in [1.82, 2.24) is 4.90 Å². The minimum atomic E-state index is -0.333. The van der Waals surface area contributed by atoms with E-state index in [4.69, 9.17) is 4.74 Å². The lowest BCUT2D eigenvalue weighted by atomic mass is 10.2. The van der Waals surface area contributed by atoms with Gasteiger partial charge < -0.3 is 4.74 Å². The molecule has 1 heterocycles. The highest BCUT2D eigenvalue weighted by Crippen LogP contribution is 2.46. The lowest BCUT2D eigenvalue weighted by Gasteiger charge is -2.24. The van der Waals surface area contributed by atoms with Crippen molar-refractivity contribution in [1.29, 1.82) is 0 Å². The normalized spacial score (nSPS) is 20.0. The largest absolute Gasteiger partial charge is 0.420 e. The summed E-state index contributed by atoms with van der Waals surface area (Å²) in [6, 6.07) is 9.12. The minimum Gasteiger partial charge on any atom is -0.410 e. The van der Waals surface area contributed by atoms with E-state index in [1.807, 2.05) is 36.4 Å². The van der Waals surface area contributed by atoms with Gasteiger partial charge in [-0.1, -0.05) is 36.0 Å². The Hall–Kier alpha value is -1.94. The van der Waals surface area contributed by atoms with Crippen LogP contribution >= 0.6 is 11.8 Å². The van der Waals surface area contributed by atoms with Crippen molar-refractivity contribution >= 4 is 17.9 Å². The summed E-state index contributed by atoms with van der Waals surface area (Å²) in [6.07, 6.45) is 6.19. The number of hydrogen-bond acceptors (Lipinski definition) is 3. The second-order valence-corrected chi connectivity index (χ2v) is 5.45. The molecule has 3 nitrogen and oxygen atoms in total. The van der Waals surface area contributed by atoms with Crippen molar-refractivity contribution < 1.29 is 9.53 Å². The Kier molecular flexibility index (Phi) is 3.17. The van der Waals surface area contributed by atoms with Gasteiger partial charge in [-0.2, -0.15) is 0 Å². The van der Waals surface area contributed by atoms with E-state index in [9.17, 15) is 4.79 Å². The van der Waals surface area contributed by atoms with E-state index in [0.717, 1.165) is 17.0 Å². The third-order valence-corrected chi connectivity index (χ3v) is 4.24. The standard InChI is InChI=1S/C15H13NO2S/c1-2-6-14-16(12-9-10-13(12)19-14)15(17)18-11-7-4-3-5-8-11/h2-5,7-10,14H,1,6H2. The number of hydrogen-bond donors (Lipinski definition) is 0. The second kappa shape index (κ2) is 4.97. The smallest absolute Gasteiger partial charge is 0.410 e. The van der Waals surface area contributed by atoms with Gasteiger partial charge >= 0.3 is 6.09 Å². The van der Waals surface area contributed by atoms with Crippen molar-refractivity contribution in [2.45, 2.75) is 11.8 Å². The molecule has 3 rings (SSSR count). The Morgan fingerprint density at radius 1 is 1.37 bits per heavy atom. The van der Waals surface area contributed by atoms with Crippen molar-refractivity contribution in [3.63, 3.8) is 0 Å². The van der Waals surface area contributed by atoms with Crippen LogP contribution in [0.15, 0.2) is 65.7 Å². The van der Waals surface area contributed by atoms with Gasteiger partial charge in [-0.25, -0.2) is 4.79 Å². The zero-order valence-corrected chi connectivity index (χ0v) is 11.1. The van der Waals surface area contributed by atoms with Crippen LogP contribution in [-0.2, 0) is 0 Å². The van der Waals surface area contributed by atoms with Crippen molar-refractivity contribution in [3.8, 4) is 5.75 Å². The predicted molar refractivity (Wildman–Crippen MR) is 76.7 cm³/mol. The quantitative estimate of drug-likeness (QED) is 0.780. The van der Waals surface area contributed by atoms with Gasteiger partial charge in [-0.05, 0) is 30.7 Å². The summed E-state index contributed by atoms with van der Waals surface area (Å²) in [6.45, 7) is 3.74. The van der Waals surface area contributed by atoms with Crippen LogP contribution in [-0.4, -0.2) is 16.4 Å². The zero-order valence-electron chi connectivity index (χ0n) is 10.3. The van der Waals surface area contributed by atoms with E-state index in [1.54, 1.807) is 28.8 Å². The highest BCUT2D eigenvalue weighted by Gasteiger charge is 2.38. The molecule has 1 aromatic carbocycles. The van der Waals surface area contributed by atoms with Crippen LogP contribution in [0.1, 0.15) is 6.42 Å². The third-order valence-electron chi connectivity index (χ3n) is 2.97. The Balaban J connectivity index is 1.76. The summed E-state index contributed by atoms with van der Waals surface area (Å²) in [5, 5.41) is 0.0497.